The van der Waals surface area contributed by atoms with Crippen LogP contribution in [0.5, 0.6) is 11.5 Å². The van der Waals surface area contributed by atoms with Gasteiger partial charge in [0.2, 0.25) is 6.79 Å². The van der Waals surface area contributed by atoms with E-state index in [0.717, 1.165) is 24.8 Å². The normalized spacial score (nSPS) is 19.4. The lowest BCUT2D eigenvalue weighted by Crippen LogP contribution is -2.38. The minimum absolute atomic E-state index is 0.0164. The van der Waals surface area contributed by atoms with Gasteiger partial charge >= 0.3 is 0 Å². The minimum atomic E-state index is -0.261. The average molecular weight is 327 g/mol. The number of rotatable bonds is 2. The molecule has 0 radical (unpaired) electrons. The monoisotopic (exact) mass is 327 g/mol. The first-order valence-corrected chi connectivity index (χ1v) is 8.18. The topological polar surface area (TPSA) is 38.8 Å². The molecule has 5 heteroatoms. The molecule has 4 rings (SSSR count). The van der Waals surface area contributed by atoms with Crippen molar-refractivity contribution in [2.75, 3.05) is 13.3 Å². The summed E-state index contributed by atoms with van der Waals surface area (Å²) in [5.74, 6) is 0.988. The van der Waals surface area contributed by atoms with E-state index >= 15 is 0 Å². The second-order valence-corrected chi connectivity index (χ2v) is 6.13. The lowest BCUT2D eigenvalue weighted by atomic mass is 9.94. The summed E-state index contributed by atoms with van der Waals surface area (Å²) in [5, 5.41) is 0. The van der Waals surface area contributed by atoms with Crippen molar-refractivity contribution >= 4 is 5.91 Å². The Labute approximate surface area is 139 Å². The third kappa shape index (κ3) is 2.70. The zero-order valence-corrected chi connectivity index (χ0v) is 13.2. The molecule has 2 heterocycles. The van der Waals surface area contributed by atoms with Gasteiger partial charge in [-0.3, -0.25) is 4.79 Å². The predicted molar refractivity (Wildman–Crippen MR) is 86.6 cm³/mol. The molecule has 2 aromatic rings. The summed E-state index contributed by atoms with van der Waals surface area (Å²) in [6, 6.07) is 11.7. The van der Waals surface area contributed by atoms with Gasteiger partial charge in [-0.1, -0.05) is 12.1 Å². The van der Waals surface area contributed by atoms with Gasteiger partial charge in [0.1, 0.15) is 5.82 Å². The number of amides is 1. The lowest BCUT2D eigenvalue weighted by Gasteiger charge is -2.36. The van der Waals surface area contributed by atoms with Gasteiger partial charge in [-0.2, -0.15) is 0 Å². The molecular formula is C19H18FNO3. The van der Waals surface area contributed by atoms with Crippen molar-refractivity contribution in [1.82, 2.24) is 4.90 Å². The zero-order valence-electron chi connectivity index (χ0n) is 13.2. The van der Waals surface area contributed by atoms with Gasteiger partial charge in [-0.15, -0.1) is 0 Å². The lowest BCUT2D eigenvalue weighted by molar-refractivity contribution is 0.0611. The number of halogens is 1. The van der Waals surface area contributed by atoms with Gasteiger partial charge in [0.15, 0.2) is 11.5 Å². The summed E-state index contributed by atoms with van der Waals surface area (Å²) < 4.78 is 23.9. The summed E-state index contributed by atoms with van der Waals surface area (Å²) in [7, 11) is 0. The standard InChI is InChI=1S/C19H18FNO3/c20-15-7-4-13(5-8-15)16-3-1-2-10-21(16)19(22)14-6-9-17-18(11-14)24-12-23-17/h4-9,11,16H,1-3,10,12H2/t16-/m1/s1. The van der Waals surface area contributed by atoms with Crippen LogP contribution in [0, 0.1) is 5.82 Å². The van der Waals surface area contributed by atoms with E-state index in [-0.39, 0.29) is 24.6 Å². The molecule has 0 unspecified atom stereocenters. The van der Waals surface area contributed by atoms with Crippen molar-refractivity contribution in [3.05, 3.63) is 59.4 Å². The fourth-order valence-corrected chi connectivity index (χ4v) is 3.40. The molecule has 2 aliphatic rings. The number of fused-ring (bicyclic) bond motifs is 1. The Balaban J connectivity index is 1.62. The molecule has 1 saturated heterocycles. The van der Waals surface area contributed by atoms with Crippen LogP contribution in [0.1, 0.15) is 41.2 Å². The average Bonchev–Trinajstić information content (AvgIpc) is 3.09. The smallest absolute Gasteiger partial charge is 0.254 e. The van der Waals surface area contributed by atoms with Crippen LogP contribution in [-0.2, 0) is 0 Å². The largest absolute Gasteiger partial charge is 0.454 e. The number of likely N-dealkylation sites (tertiary alicyclic amines) is 1. The fraction of sp³-hybridized carbons (Fsp3) is 0.316. The molecule has 0 bridgehead atoms. The van der Waals surface area contributed by atoms with Crippen LogP contribution >= 0.6 is 0 Å². The first-order valence-electron chi connectivity index (χ1n) is 8.18. The number of hydrogen-bond acceptors (Lipinski definition) is 3. The quantitative estimate of drug-likeness (QED) is 0.839. The second kappa shape index (κ2) is 6.15. The van der Waals surface area contributed by atoms with Crippen molar-refractivity contribution in [2.45, 2.75) is 25.3 Å². The molecule has 0 aliphatic carbocycles. The summed E-state index contributed by atoms with van der Waals surface area (Å²) in [4.78, 5) is 14.9. The molecular weight excluding hydrogens is 309 g/mol. The van der Waals surface area contributed by atoms with Crippen molar-refractivity contribution in [2.24, 2.45) is 0 Å². The molecule has 1 amide bonds. The van der Waals surface area contributed by atoms with E-state index in [9.17, 15) is 9.18 Å². The van der Waals surface area contributed by atoms with Gasteiger partial charge in [0, 0.05) is 12.1 Å². The van der Waals surface area contributed by atoms with Crippen LogP contribution in [0.2, 0.25) is 0 Å². The Kier molecular flexibility index (Phi) is 3.84. The highest BCUT2D eigenvalue weighted by molar-refractivity contribution is 5.95. The number of hydrogen-bond donors (Lipinski definition) is 0. The number of nitrogens with zero attached hydrogens (tertiary/aromatic N) is 1. The van der Waals surface area contributed by atoms with Crippen molar-refractivity contribution in [3.63, 3.8) is 0 Å². The highest BCUT2D eigenvalue weighted by Gasteiger charge is 2.29. The van der Waals surface area contributed by atoms with Crippen LogP contribution in [0.3, 0.4) is 0 Å². The first kappa shape index (κ1) is 15.0. The van der Waals surface area contributed by atoms with Crippen LogP contribution < -0.4 is 9.47 Å². The van der Waals surface area contributed by atoms with Crippen LogP contribution in [0.15, 0.2) is 42.5 Å². The Bertz CT molecular complexity index is 760. The molecule has 1 fully saturated rings. The van der Waals surface area contributed by atoms with E-state index in [1.54, 1.807) is 30.3 Å². The van der Waals surface area contributed by atoms with Crippen LogP contribution in [0.4, 0.5) is 4.39 Å². The molecule has 24 heavy (non-hydrogen) atoms. The maximum Gasteiger partial charge on any atom is 0.254 e. The molecule has 124 valence electrons. The molecule has 0 spiro atoms. The number of carbonyl (C=O) groups is 1. The van der Waals surface area contributed by atoms with Gasteiger partial charge < -0.3 is 14.4 Å². The molecule has 2 aromatic carbocycles. The third-order valence-corrected chi connectivity index (χ3v) is 4.64. The Morgan fingerprint density at radius 2 is 1.83 bits per heavy atom. The van der Waals surface area contributed by atoms with Crippen molar-refractivity contribution in [1.29, 1.82) is 0 Å². The highest BCUT2D eigenvalue weighted by Crippen LogP contribution is 2.35. The zero-order chi connectivity index (χ0) is 16.5. The van der Waals surface area contributed by atoms with Gasteiger partial charge in [-0.25, -0.2) is 4.39 Å². The molecule has 1 atom stereocenters. The van der Waals surface area contributed by atoms with Crippen molar-refractivity contribution in [3.8, 4) is 11.5 Å². The summed E-state index contributed by atoms with van der Waals surface area (Å²) in [6.07, 6.45) is 2.93. The number of benzene rings is 2. The maximum absolute atomic E-state index is 13.2. The van der Waals surface area contributed by atoms with Gasteiger partial charge in [0.05, 0.1) is 6.04 Å². The first-order chi connectivity index (χ1) is 11.7. The SMILES string of the molecule is O=C(c1ccc2c(c1)OCO2)N1CCCC[C@@H]1c1ccc(F)cc1. The third-order valence-electron chi connectivity index (χ3n) is 4.64. The highest BCUT2D eigenvalue weighted by atomic mass is 19.1. The second-order valence-electron chi connectivity index (χ2n) is 6.13. The van der Waals surface area contributed by atoms with E-state index in [4.69, 9.17) is 9.47 Å². The molecule has 0 saturated carbocycles. The van der Waals surface area contributed by atoms with Crippen LogP contribution in [0.25, 0.3) is 0 Å². The molecule has 2 aliphatic heterocycles. The maximum atomic E-state index is 13.2. The number of piperidine rings is 1. The van der Waals surface area contributed by atoms with E-state index in [0.29, 0.717) is 23.6 Å². The van der Waals surface area contributed by atoms with E-state index in [1.165, 1.54) is 12.1 Å². The Hall–Kier alpha value is -2.56. The van der Waals surface area contributed by atoms with Crippen LogP contribution in [-0.4, -0.2) is 24.1 Å². The Morgan fingerprint density at radius 3 is 2.67 bits per heavy atom. The van der Waals surface area contributed by atoms with E-state index in [2.05, 4.69) is 0 Å². The summed E-state index contributed by atoms with van der Waals surface area (Å²) in [6.45, 7) is 0.893. The minimum Gasteiger partial charge on any atom is -0.454 e. The van der Waals surface area contributed by atoms with Gasteiger partial charge in [-0.05, 0) is 55.2 Å². The number of ether oxygens (including phenoxy) is 2. The summed E-state index contributed by atoms with van der Waals surface area (Å²) >= 11 is 0. The van der Waals surface area contributed by atoms with E-state index in [1.807, 2.05) is 4.90 Å². The molecule has 4 nitrogen and oxygen atoms in total. The molecule has 0 aromatic heterocycles. The fourth-order valence-electron chi connectivity index (χ4n) is 3.40. The Morgan fingerprint density at radius 1 is 1.04 bits per heavy atom. The number of carbonyl (C=O) groups excluding carboxylic acids is 1. The molecule has 0 N–H and O–H groups in total. The predicted octanol–water partition coefficient (Wildman–Crippen LogP) is 3.92. The van der Waals surface area contributed by atoms with Crippen molar-refractivity contribution < 1.29 is 18.7 Å². The van der Waals surface area contributed by atoms with Gasteiger partial charge in [0.25, 0.3) is 5.91 Å². The summed E-state index contributed by atoms with van der Waals surface area (Å²) in [5.41, 5.74) is 1.57. The van der Waals surface area contributed by atoms with E-state index < -0.39 is 0 Å².